The van der Waals surface area contributed by atoms with E-state index in [1.54, 1.807) is 0 Å². The third-order valence-corrected chi connectivity index (χ3v) is 2.86. The third kappa shape index (κ3) is 2.62. The largest absolute Gasteiger partial charge is 0.301 e. The van der Waals surface area contributed by atoms with Gasteiger partial charge in [0, 0.05) is 0 Å². The predicted molar refractivity (Wildman–Crippen MR) is 67.3 cm³/mol. The van der Waals surface area contributed by atoms with Crippen molar-refractivity contribution in [1.82, 2.24) is 5.32 Å². The third-order valence-electron chi connectivity index (χ3n) is 2.86. The summed E-state index contributed by atoms with van der Waals surface area (Å²) in [5.41, 5.74) is 3.71. The van der Waals surface area contributed by atoms with Gasteiger partial charge in [0.2, 0.25) is 0 Å². The maximum Gasteiger partial charge on any atom is 0.121 e. The smallest absolute Gasteiger partial charge is 0.121 e. The van der Waals surface area contributed by atoms with Crippen molar-refractivity contribution in [1.29, 1.82) is 5.26 Å². The molecule has 0 amide bonds. The Balaban J connectivity index is 3.15. The number of benzene rings is 1. The summed E-state index contributed by atoms with van der Waals surface area (Å²) in [6.07, 6.45) is 0. The maximum atomic E-state index is 9.02. The lowest BCUT2D eigenvalue weighted by atomic mass is 9.84. The van der Waals surface area contributed by atoms with Gasteiger partial charge in [-0.3, -0.25) is 0 Å². The first-order valence-electron chi connectivity index (χ1n) is 5.58. The molecular formula is C14H20N2. The standard InChI is InChI=1S/C14H20N2/c1-10-8-11(14(2,3)4)6-7-12(10)13(9-15)16-5/h6-8,13,16H,1-5H3. The number of nitrogens with one attached hydrogen (secondary N) is 1. The number of nitrogens with zero attached hydrogens (tertiary/aromatic N) is 1. The molecule has 0 heterocycles. The summed E-state index contributed by atoms with van der Waals surface area (Å²) < 4.78 is 0. The summed E-state index contributed by atoms with van der Waals surface area (Å²) in [6, 6.07) is 8.39. The molecule has 86 valence electrons. The predicted octanol–water partition coefficient (Wildman–Crippen LogP) is 3.08. The molecule has 0 spiro atoms. The van der Waals surface area contributed by atoms with Crippen LogP contribution >= 0.6 is 0 Å². The fourth-order valence-electron chi connectivity index (χ4n) is 1.76. The van der Waals surface area contributed by atoms with Gasteiger partial charge >= 0.3 is 0 Å². The molecule has 0 radical (unpaired) electrons. The molecule has 2 nitrogen and oxygen atoms in total. The lowest BCUT2D eigenvalue weighted by Gasteiger charge is -2.21. The minimum Gasteiger partial charge on any atom is -0.301 e. The highest BCUT2D eigenvalue weighted by atomic mass is 14.9. The van der Waals surface area contributed by atoms with E-state index in [1.165, 1.54) is 11.1 Å². The molecule has 0 aliphatic carbocycles. The molecule has 1 unspecified atom stereocenters. The average molecular weight is 216 g/mol. The molecule has 1 aromatic carbocycles. The molecule has 0 aromatic heterocycles. The van der Waals surface area contributed by atoms with Crippen LogP contribution < -0.4 is 5.32 Å². The van der Waals surface area contributed by atoms with Crippen molar-refractivity contribution >= 4 is 0 Å². The normalized spacial score (nSPS) is 13.2. The Morgan fingerprint density at radius 2 is 1.94 bits per heavy atom. The van der Waals surface area contributed by atoms with Crippen LogP contribution in [-0.4, -0.2) is 7.05 Å². The lowest BCUT2D eigenvalue weighted by Crippen LogP contribution is -2.17. The van der Waals surface area contributed by atoms with Crippen LogP contribution in [0.2, 0.25) is 0 Å². The highest BCUT2D eigenvalue weighted by Crippen LogP contribution is 2.26. The van der Waals surface area contributed by atoms with Gasteiger partial charge in [0.15, 0.2) is 0 Å². The van der Waals surface area contributed by atoms with Gasteiger partial charge < -0.3 is 5.32 Å². The Hall–Kier alpha value is -1.33. The summed E-state index contributed by atoms with van der Waals surface area (Å²) >= 11 is 0. The lowest BCUT2D eigenvalue weighted by molar-refractivity contribution is 0.588. The summed E-state index contributed by atoms with van der Waals surface area (Å²) in [6.45, 7) is 8.65. The van der Waals surface area contributed by atoms with Gasteiger partial charge in [-0.05, 0) is 36.1 Å². The van der Waals surface area contributed by atoms with E-state index < -0.39 is 0 Å². The van der Waals surface area contributed by atoms with Crippen molar-refractivity contribution in [2.45, 2.75) is 39.2 Å². The van der Waals surface area contributed by atoms with E-state index >= 15 is 0 Å². The number of rotatable bonds is 2. The van der Waals surface area contributed by atoms with E-state index in [1.807, 2.05) is 7.05 Å². The molecule has 0 aliphatic rings. The van der Waals surface area contributed by atoms with Crippen molar-refractivity contribution in [2.75, 3.05) is 7.05 Å². The van der Waals surface area contributed by atoms with Crippen molar-refractivity contribution in [3.63, 3.8) is 0 Å². The van der Waals surface area contributed by atoms with Crippen LogP contribution in [0.5, 0.6) is 0 Å². The quantitative estimate of drug-likeness (QED) is 0.824. The summed E-state index contributed by atoms with van der Waals surface area (Å²) in [4.78, 5) is 0. The van der Waals surface area contributed by atoms with Crippen molar-refractivity contribution < 1.29 is 0 Å². The van der Waals surface area contributed by atoms with E-state index in [-0.39, 0.29) is 11.5 Å². The van der Waals surface area contributed by atoms with Gasteiger partial charge in [-0.2, -0.15) is 5.26 Å². The second kappa shape index (κ2) is 4.67. The number of hydrogen-bond donors (Lipinski definition) is 1. The first kappa shape index (κ1) is 12.7. The summed E-state index contributed by atoms with van der Waals surface area (Å²) in [7, 11) is 1.81. The molecule has 1 N–H and O–H groups in total. The van der Waals surface area contributed by atoms with Crippen molar-refractivity contribution in [3.8, 4) is 6.07 Å². The van der Waals surface area contributed by atoms with Gasteiger partial charge in [-0.1, -0.05) is 39.0 Å². The monoisotopic (exact) mass is 216 g/mol. The fourth-order valence-corrected chi connectivity index (χ4v) is 1.76. The van der Waals surface area contributed by atoms with Crippen LogP contribution in [0.4, 0.5) is 0 Å². The molecule has 0 aliphatic heterocycles. The van der Waals surface area contributed by atoms with Crippen LogP contribution in [0.1, 0.15) is 43.5 Å². The number of nitriles is 1. The number of hydrogen-bond acceptors (Lipinski definition) is 2. The average Bonchev–Trinajstić information content (AvgIpc) is 2.20. The summed E-state index contributed by atoms with van der Waals surface area (Å²) in [5.74, 6) is 0. The zero-order valence-corrected chi connectivity index (χ0v) is 10.8. The summed E-state index contributed by atoms with van der Waals surface area (Å²) in [5, 5.41) is 12.0. The molecule has 2 heteroatoms. The Morgan fingerprint density at radius 1 is 1.31 bits per heavy atom. The minimum atomic E-state index is -0.214. The Bertz CT molecular complexity index is 408. The molecule has 0 saturated carbocycles. The maximum absolute atomic E-state index is 9.02. The van der Waals surface area contributed by atoms with Crippen LogP contribution in [0.15, 0.2) is 18.2 Å². The number of aryl methyl sites for hydroxylation is 1. The zero-order valence-electron chi connectivity index (χ0n) is 10.8. The van der Waals surface area contributed by atoms with Gasteiger partial charge in [0.25, 0.3) is 0 Å². The fraction of sp³-hybridized carbons (Fsp3) is 0.500. The molecule has 0 saturated heterocycles. The van der Waals surface area contributed by atoms with Crippen molar-refractivity contribution in [3.05, 3.63) is 34.9 Å². The molecular weight excluding hydrogens is 196 g/mol. The molecule has 1 rings (SSSR count). The molecule has 0 fully saturated rings. The van der Waals surface area contributed by atoms with Crippen molar-refractivity contribution in [2.24, 2.45) is 0 Å². The van der Waals surface area contributed by atoms with Gasteiger partial charge in [0.1, 0.15) is 6.04 Å². The van der Waals surface area contributed by atoms with E-state index in [4.69, 9.17) is 5.26 Å². The van der Waals surface area contributed by atoms with Crippen LogP contribution in [0.25, 0.3) is 0 Å². The Kier molecular flexibility index (Phi) is 3.72. The first-order chi connectivity index (χ1) is 7.40. The van der Waals surface area contributed by atoms with E-state index in [0.717, 1.165) is 5.56 Å². The Morgan fingerprint density at radius 3 is 2.31 bits per heavy atom. The van der Waals surface area contributed by atoms with Crippen LogP contribution in [0.3, 0.4) is 0 Å². The molecule has 16 heavy (non-hydrogen) atoms. The van der Waals surface area contributed by atoms with Crippen LogP contribution in [-0.2, 0) is 5.41 Å². The van der Waals surface area contributed by atoms with Gasteiger partial charge in [-0.25, -0.2) is 0 Å². The van der Waals surface area contributed by atoms with Crippen LogP contribution in [0, 0.1) is 18.3 Å². The highest BCUT2D eigenvalue weighted by Gasteiger charge is 2.16. The SMILES string of the molecule is CNC(C#N)c1ccc(C(C)(C)C)cc1C. The van der Waals surface area contributed by atoms with Gasteiger partial charge in [0.05, 0.1) is 6.07 Å². The molecule has 1 atom stereocenters. The van der Waals surface area contributed by atoms with E-state index in [9.17, 15) is 0 Å². The zero-order chi connectivity index (χ0) is 12.3. The molecule has 1 aromatic rings. The highest BCUT2D eigenvalue weighted by molar-refractivity contribution is 5.38. The van der Waals surface area contributed by atoms with E-state index in [0.29, 0.717) is 0 Å². The second-order valence-electron chi connectivity index (χ2n) is 5.17. The first-order valence-corrected chi connectivity index (χ1v) is 5.58. The van der Waals surface area contributed by atoms with E-state index in [2.05, 4.69) is 57.3 Å². The Labute approximate surface area is 98.3 Å². The minimum absolute atomic E-state index is 0.158. The second-order valence-corrected chi connectivity index (χ2v) is 5.17. The van der Waals surface area contributed by atoms with Gasteiger partial charge in [-0.15, -0.1) is 0 Å². The molecule has 0 bridgehead atoms. The topological polar surface area (TPSA) is 35.8 Å².